The van der Waals surface area contributed by atoms with E-state index in [9.17, 15) is 4.79 Å². The predicted molar refractivity (Wildman–Crippen MR) is 80.8 cm³/mol. The molecule has 1 aromatic heterocycles. The minimum absolute atomic E-state index is 0.290. The second-order valence-corrected chi connectivity index (χ2v) is 5.97. The molecule has 2 aromatic rings. The lowest BCUT2D eigenvalue weighted by Crippen LogP contribution is -2.29. The third-order valence-corrected chi connectivity index (χ3v) is 4.17. The van der Waals surface area contributed by atoms with E-state index < -0.39 is 0 Å². The van der Waals surface area contributed by atoms with Gasteiger partial charge in [-0.3, -0.25) is 4.98 Å². The number of benzene rings is 1. The number of nitrogens with zero attached hydrogens (tertiary/aromatic N) is 2. The van der Waals surface area contributed by atoms with Crippen LogP contribution < -0.4 is 0 Å². The molecule has 0 saturated carbocycles. The van der Waals surface area contributed by atoms with Gasteiger partial charge in [-0.05, 0) is 25.2 Å². The zero-order chi connectivity index (χ0) is 14.3. The normalized spacial score (nSPS) is 15.2. The lowest BCUT2D eigenvalue weighted by Gasteiger charge is -2.26. The molecule has 0 N–H and O–H groups in total. The fourth-order valence-electron chi connectivity index (χ4n) is 2.68. The summed E-state index contributed by atoms with van der Waals surface area (Å²) in [6.07, 6.45) is 0.863. The Balaban J connectivity index is 2.35. The van der Waals surface area contributed by atoms with Gasteiger partial charge in [0.2, 0.25) is 0 Å². The van der Waals surface area contributed by atoms with Crippen LogP contribution in [0.5, 0.6) is 0 Å². The highest BCUT2D eigenvalue weighted by Crippen LogP contribution is 2.30. The number of halogens is 1. The van der Waals surface area contributed by atoms with Crippen LogP contribution in [-0.2, 0) is 17.7 Å². The molecular formula is C15H15BrN2O2. The number of aromatic nitrogens is 1. The van der Waals surface area contributed by atoms with E-state index >= 15 is 0 Å². The first kappa shape index (κ1) is 13.5. The Bertz CT molecular complexity index is 700. The molecule has 0 spiro atoms. The molecule has 1 aromatic carbocycles. The number of methoxy groups -OCH3 is 1. The van der Waals surface area contributed by atoms with Crippen LogP contribution in [0.2, 0.25) is 0 Å². The van der Waals surface area contributed by atoms with Crippen LogP contribution in [0.3, 0.4) is 0 Å². The zero-order valence-corrected chi connectivity index (χ0v) is 13.0. The van der Waals surface area contributed by atoms with Crippen molar-refractivity contribution in [1.29, 1.82) is 0 Å². The summed E-state index contributed by atoms with van der Waals surface area (Å²) in [7, 11) is 3.47. The summed E-state index contributed by atoms with van der Waals surface area (Å²) in [5.74, 6) is -0.290. The minimum atomic E-state index is -0.290. The molecule has 1 aliphatic rings. The molecule has 5 heteroatoms. The molecule has 0 unspecified atom stereocenters. The van der Waals surface area contributed by atoms with Crippen molar-refractivity contribution in [2.75, 3.05) is 20.7 Å². The molecule has 1 aliphatic heterocycles. The highest BCUT2D eigenvalue weighted by molar-refractivity contribution is 9.10. The number of likely N-dealkylation sites (N-methyl/N-ethyl adjacent to an activating group) is 1. The summed E-state index contributed by atoms with van der Waals surface area (Å²) in [5.41, 5.74) is 3.51. The van der Waals surface area contributed by atoms with Gasteiger partial charge in [0.25, 0.3) is 0 Å². The van der Waals surface area contributed by atoms with Gasteiger partial charge in [-0.25, -0.2) is 4.79 Å². The Labute approximate surface area is 125 Å². The molecule has 0 saturated heterocycles. The summed E-state index contributed by atoms with van der Waals surface area (Å²) in [5, 5.41) is 0.847. The van der Waals surface area contributed by atoms with Crippen molar-refractivity contribution in [2.45, 2.75) is 13.0 Å². The Morgan fingerprint density at radius 1 is 1.45 bits per heavy atom. The maximum absolute atomic E-state index is 12.2. The number of hydrogen-bond acceptors (Lipinski definition) is 4. The van der Waals surface area contributed by atoms with E-state index in [1.54, 1.807) is 0 Å². The van der Waals surface area contributed by atoms with E-state index in [0.29, 0.717) is 5.56 Å². The minimum Gasteiger partial charge on any atom is -0.465 e. The molecule has 4 nitrogen and oxygen atoms in total. The highest BCUT2D eigenvalue weighted by Gasteiger charge is 2.24. The van der Waals surface area contributed by atoms with Crippen LogP contribution in [0.25, 0.3) is 10.9 Å². The number of esters is 1. The lowest BCUT2D eigenvalue weighted by molar-refractivity contribution is 0.0600. The molecule has 0 radical (unpaired) electrons. The van der Waals surface area contributed by atoms with Crippen molar-refractivity contribution in [3.05, 3.63) is 39.5 Å². The highest BCUT2D eigenvalue weighted by atomic mass is 79.9. The predicted octanol–water partition coefficient (Wildman–Crippen LogP) is 2.77. The average Bonchev–Trinajstić information content (AvgIpc) is 2.44. The number of pyridine rings is 1. The van der Waals surface area contributed by atoms with Crippen LogP contribution in [0.4, 0.5) is 0 Å². The maximum Gasteiger partial charge on any atom is 0.338 e. The van der Waals surface area contributed by atoms with E-state index in [1.165, 1.54) is 7.11 Å². The number of fused-ring (bicyclic) bond motifs is 2. The van der Waals surface area contributed by atoms with E-state index in [4.69, 9.17) is 9.72 Å². The van der Waals surface area contributed by atoms with Crippen molar-refractivity contribution in [1.82, 2.24) is 9.88 Å². The van der Waals surface area contributed by atoms with Gasteiger partial charge in [0.1, 0.15) is 0 Å². The second-order valence-electron chi connectivity index (χ2n) is 5.05. The Hall–Kier alpha value is -1.46. The summed E-state index contributed by atoms with van der Waals surface area (Å²) in [6, 6.07) is 5.81. The standard InChI is InChI=1S/C15H15BrN2O2/c1-18-6-5-13-11(8-18)14(15(19)20-2)10-7-9(16)3-4-12(10)17-13/h3-4,7H,5-6,8H2,1-2H3. The molecule has 2 heterocycles. The van der Waals surface area contributed by atoms with Gasteiger partial charge < -0.3 is 9.64 Å². The van der Waals surface area contributed by atoms with Crippen molar-refractivity contribution in [3.63, 3.8) is 0 Å². The molecule has 0 fully saturated rings. The average molecular weight is 335 g/mol. The maximum atomic E-state index is 12.2. The van der Waals surface area contributed by atoms with Crippen LogP contribution in [0.15, 0.2) is 22.7 Å². The zero-order valence-electron chi connectivity index (χ0n) is 11.4. The summed E-state index contributed by atoms with van der Waals surface area (Å²) >= 11 is 3.46. The Kier molecular flexibility index (Phi) is 3.48. The topological polar surface area (TPSA) is 42.4 Å². The SMILES string of the molecule is COC(=O)c1c2c(nc3ccc(Br)cc13)CCN(C)C2. The lowest BCUT2D eigenvalue weighted by atomic mass is 9.96. The first-order valence-electron chi connectivity index (χ1n) is 6.48. The molecule has 0 amide bonds. The first-order valence-corrected chi connectivity index (χ1v) is 7.27. The van der Waals surface area contributed by atoms with Gasteiger partial charge in [-0.2, -0.15) is 0 Å². The van der Waals surface area contributed by atoms with Crippen LogP contribution in [-0.4, -0.2) is 36.6 Å². The fraction of sp³-hybridized carbons (Fsp3) is 0.333. The number of carbonyl (C=O) groups excluding carboxylic acids is 1. The largest absolute Gasteiger partial charge is 0.465 e. The summed E-state index contributed by atoms with van der Waals surface area (Å²) in [4.78, 5) is 19.1. The third-order valence-electron chi connectivity index (χ3n) is 3.68. The smallest absolute Gasteiger partial charge is 0.338 e. The molecular weight excluding hydrogens is 320 g/mol. The van der Waals surface area contributed by atoms with Gasteiger partial charge in [-0.1, -0.05) is 15.9 Å². The molecule has 3 rings (SSSR count). The van der Waals surface area contributed by atoms with E-state index in [-0.39, 0.29) is 5.97 Å². The molecule has 20 heavy (non-hydrogen) atoms. The summed E-state index contributed by atoms with van der Waals surface area (Å²) in [6.45, 7) is 1.69. The first-order chi connectivity index (χ1) is 9.60. The van der Waals surface area contributed by atoms with Gasteiger partial charge in [0.15, 0.2) is 0 Å². The number of hydrogen-bond donors (Lipinski definition) is 0. The Morgan fingerprint density at radius 3 is 3.00 bits per heavy atom. The fourth-order valence-corrected chi connectivity index (χ4v) is 3.04. The van der Waals surface area contributed by atoms with Crippen molar-refractivity contribution < 1.29 is 9.53 Å². The van der Waals surface area contributed by atoms with E-state index in [2.05, 4.69) is 27.9 Å². The quantitative estimate of drug-likeness (QED) is 0.752. The van der Waals surface area contributed by atoms with Gasteiger partial charge in [0, 0.05) is 40.6 Å². The van der Waals surface area contributed by atoms with Gasteiger partial charge in [-0.15, -0.1) is 0 Å². The van der Waals surface area contributed by atoms with Gasteiger partial charge in [0.05, 0.1) is 18.2 Å². The van der Waals surface area contributed by atoms with E-state index in [1.807, 2.05) is 18.2 Å². The molecule has 0 bridgehead atoms. The van der Waals surface area contributed by atoms with Crippen molar-refractivity contribution in [3.8, 4) is 0 Å². The number of carbonyl (C=O) groups is 1. The summed E-state index contributed by atoms with van der Waals surface area (Å²) < 4.78 is 5.92. The van der Waals surface area contributed by atoms with E-state index in [0.717, 1.165) is 46.1 Å². The van der Waals surface area contributed by atoms with Crippen molar-refractivity contribution in [2.24, 2.45) is 0 Å². The molecule has 104 valence electrons. The number of rotatable bonds is 1. The van der Waals surface area contributed by atoms with Crippen LogP contribution in [0.1, 0.15) is 21.6 Å². The monoisotopic (exact) mass is 334 g/mol. The second kappa shape index (κ2) is 5.14. The van der Waals surface area contributed by atoms with Crippen LogP contribution in [0, 0.1) is 0 Å². The van der Waals surface area contributed by atoms with Crippen molar-refractivity contribution >= 4 is 32.8 Å². The molecule has 0 atom stereocenters. The van der Waals surface area contributed by atoms with Crippen LogP contribution >= 0.6 is 15.9 Å². The van der Waals surface area contributed by atoms with Gasteiger partial charge >= 0.3 is 5.97 Å². The third kappa shape index (κ3) is 2.21. The Morgan fingerprint density at radius 2 is 2.25 bits per heavy atom. The molecule has 0 aliphatic carbocycles. The number of ether oxygens (including phenoxy) is 1.